The van der Waals surface area contributed by atoms with E-state index in [0.29, 0.717) is 0 Å². The molecule has 0 fully saturated rings. The lowest BCUT2D eigenvalue weighted by atomic mass is 10.4. The van der Waals surface area contributed by atoms with Crippen LogP contribution in [-0.2, 0) is 0 Å². The topological polar surface area (TPSA) is 72.4 Å². The number of hydrogen-bond acceptors (Lipinski definition) is 3. The van der Waals surface area contributed by atoms with Crippen LogP contribution in [0.4, 0.5) is 0 Å². The summed E-state index contributed by atoms with van der Waals surface area (Å²) < 4.78 is 3.34. The van der Waals surface area contributed by atoms with Crippen LogP contribution in [0.15, 0.2) is 43.0 Å². The van der Waals surface area contributed by atoms with Gasteiger partial charge in [-0.25, -0.2) is 14.5 Å². The molecule has 0 aromatic carbocycles. The molecule has 0 aliphatic heterocycles. The van der Waals surface area contributed by atoms with Crippen molar-refractivity contribution in [3.05, 3.63) is 48.5 Å². The predicted octanol–water partition coefficient (Wildman–Crippen LogP) is 1.22. The molecule has 0 aliphatic rings. The molecule has 6 heteroatoms. The smallest absolute Gasteiger partial charge is 0.338 e. The number of hydrogen-bond donors (Lipinski definition) is 1. The Hall–Kier alpha value is -2.63. The van der Waals surface area contributed by atoms with Crippen LogP contribution in [0.2, 0.25) is 0 Å². The largest absolute Gasteiger partial charge is 0.478 e. The van der Waals surface area contributed by atoms with Crippen molar-refractivity contribution in [3.63, 3.8) is 0 Å². The van der Waals surface area contributed by atoms with Gasteiger partial charge in [0.1, 0.15) is 11.5 Å². The first-order chi connectivity index (χ1) is 8.25. The molecule has 0 amide bonds. The Morgan fingerprint density at radius 1 is 1.35 bits per heavy atom. The number of carboxylic acids is 1. The summed E-state index contributed by atoms with van der Waals surface area (Å²) in [7, 11) is 0. The predicted molar refractivity (Wildman–Crippen MR) is 59.3 cm³/mol. The van der Waals surface area contributed by atoms with Gasteiger partial charge in [-0.3, -0.25) is 4.40 Å². The molecule has 3 rings (SSSR count). The summed E-state index contributed by atoms with van der Waals surface area (Å²) in [5.74, 6) is -0.249. The molecule has 6 nitrogen and oxygen atoms in total. The Morgan fingerprint density at radius 3 is 3.00 bits per heavy atom. The van der Waals surface area contributed by atoms with Gasteiger partial charge in [-0.05, 0) is 12.1 Å². The van der Waals surface area contributed by atoms with Gasteiger partial charge in [-0.1, -0.05) is 6.07 Å². The first kappa shape index (κ1) is 9.59. The molecule has 17 heavy (non-hydrogen) atoms. The molecular weight excluding hydrogens is 220 g/mol. The highest BCUT2D eigenvalue weighted by Crippen LogP contribution is 2.11. The number of fused-ring (bicyclic) bond motifs is 1. The van der Waals surface area contributed by atoms with Gasteiger partial charge in [0.2, 0.25) is 0 Å². The third-order valence-corrected chi connectivity index (χ3v) is 2.47. The van der Waals surface area contributed by atoms with E-state index >= 15 is 0 Å². The lowest BCUT2D eigenvalue weighted by Gasteiger charge is -2.04. The van der Waals surface area contributed by atoms with E-state index < -0.39 is 5.97 Å². The van der Waals surface area contributed by atoms with E-state index in [1.807, 2.05) is 22.6 Å². The summed E-state index contributed by atoms with van der Waals surface area (Å²) >= 11 is 0. The van der Waals surface area contributed by atoms with E-state index in [1.54, 1.807) is 12.4 Å². The SMILES string of the molecule is O=C(O)c1cnn(-c2cccc3nccn23)c1. The first-order valence-electron chi connectivity index (χ1n) is 4.96. The Morgan fingerprint density at radius 2 is 2.24 bits per heavy atom. The minimum atomic E-state index is -0.992. The molecule has 0 saturated heterocycles. The van der Waals surface area contributed by atoms with Crippen molar-refractivity contribution in [2.24, 2.45) is 0 Å². The van der Waals surface area contributed by atoms with Gasteiger partial charge >= 0.3 is 5.97 Å². The highest BCUT2D eigenvalue weighted by Gasteiger charge is 2.09. The van der Waals surface area contributed by atoms with Crippen LogP contribution in [0.25, 0.3) is 11.5 Å². The van der Waals surface area contributed by atoms with Crippen LogP contribution in [-0.4, -0.2) is 30.2 Å². The number of carbonyl (C=O) groups is 1. The van der Waals surface area contributed by atoms with Gasteiger partial charge in [0.15, 0.2) is 0 Å². The summed E-state index contributed by atoms with van der Waals surface area (Å²) in [6.07, 6.45) is 6.27. The molecule has 84 valence electrons. The van der Waals surface area contributed by atoms with Crippen molar-refractivity contribution in [1.82, 2.24) is 19.2 Å². The van der Waals surface area contributed by atoms with Crippen molar-refractivity contribution < 1.29 is 9.90 Å². The monoisotopic (exact) mass is 228 g/mol. The molecule has 0 unspecified atom stereocenters. The van der Waals surface area contributed by atoms with Gasteiger partial charge in [0, 0.05) is 18.6 Å². The maximum atomic E-state index is 10.8. The first-order valence-corrected chi connectivity index (χ1v) is 4.96. The zero-order chi connectivity index (χ0) is 11.8. The fourth-order valence-corrected chi connectivity index (χ4v) is 1.68. The maximum absolute atomic E-state index is 10.8. The maximum Gasteiger partial charge on any atom is 0.338 e. The molecule has 0 atom stereocenters. The number of imidazole rings is 1. The molecule has 3 aromatic rings. The van der Waals surface area contributed by atoms with Gasteiger partial charge < -0.3 is 5.11 Å². The fourth-order valence-electron chi connectivity index (χ4n) is 1.68. The van der Waals surface area contributed by atoms with Crippen LogP contribution in [0.5, 0.6) is 0 Å². The molecule has 0 radical (unpaired) electrons. The highest BCUT2D eigenvalue weighted by atomic mass is 16.4. The van der Waals surface area contributed by atoms with E-state index in [4.69, 9.17) is 5.11 Å². The average molecular weight is 228 g/mol. The third-order valence-electron chi connectivity index (χ3n) is 2.47. The van der Waals surface area contributed by atoms with E-state index in [9.17, 15) is 4.79 Å². The Kier molecular flexibility index (Phi) is 1.94. The molecule has 3 heterocycles. The Bertz CT molecular complexity index is 698. The highest BCUT2D eigenvalue weighted by molar-refractivity contribution is 5.86. The van der Waals surface area contributed by atoms with E-state index in [1.165, 1.54) is 17.1 Å². The summed E-state index contributed by atoms with van der Waals surface area (Å²) in [6, 6.07) is 5.55. The second-order valence-corrected chi connectivity index (χ2v) is 3.52. The molecule has 0 spiro atoms. The van der Waals surface area contributed by atoms with Crippen molar-refractivity contribution >= 4 is 11.6 Å². The lowest BCUT2D eigenvalue weighted by molar-refractivity contribution is 0.0697. The third kappa shape index (κ3) is 1.46. The van der Waals surface area contributed by atoms with Gasteiger partial charge in [-0.15, -0.1) is 0 Å². The number of pyridine rings is 1. The zero-order valence-electron chi connectivity index (χ0n) is 8.69. The van der Waals surface area contributed by atoms with E-state index in [2.05, 4.69) is 10.1 Å². The number of aromatic carboxylic acids is 1. The van der Waals surface area contributed by atoms with Gasteiger partial charge in [0.05, 0.1) is 11.8 Å². The molecule has 0 bridgehead atoms. The minimum absolute atomic E-state index is 0.155. The number of aromatic nitrogens is 4. The van der Waals surface area contributed by atoms with Gasteiger partial charge in [-0.2, -0.15) is 5.10 Å². The second-order valence-electron chi connectivity index (χ2n) is 3.52. The summed E-state index contributed by atoms with van der Waals surface area (Å²) in [5, 5.41) is 12.9. The standard InChI is InChI=1S/C11H8N4O2/c16-11(17)8-6-13-15(7-8)10-3-1-2-9-12-4-5-14(9)10/h1-7H,(H,16,17). The van der Waals surface area contributed by atoms with Crippen molar-refractivity contribution in [1.29, 1.82) is 0 Å². The normalized spacial score (nSPS) is 10.8. The van der Waals surface area contributed by atoms with Crippen molar-refractivity contribution in [3.8, 4) is 5.82 Å². The van der Waals surface area contributed by atoms with Crippen molar-refractivity contribution in [2.45, 2.75) is 0 Å². The quantitative estimate of drug-likeness (QED) is 0.715. The second kappa shape index (κ2) is 3.44. The Balaban J connectivity index is 2.19. The molecular formula is C11H8N4O2. The van der Waals surface area contributed by atoms with Crippen LogP contribution < -0.4 is 0 Å². The van der Waals surface area contributed by atoms with Crippen molar-refractivity contribution in [2.75, 3.05) is 0 Å². The number of rotatable bonds is 2. The Labute approximate surface area is 95.8 Å². The van der Waals surface area contributed by atoms with Crippen LogP contribution in [0, 0.1) is 0 Å². The summed E-state index contributed by atoms with van der Waals surface area (Å²) in [5.41, 5.74) is 0.942. The van der Waals surface area contributed by atoms with E-state index in [-0.39, 0.29) is 5.56 Å². The number of nitrogens with zero attached hydrogens (tertiary/aromatic N) is 4. The van der Waals surface area contributed by atoms with Crippen LogP contribution in [0.1, 0.15) is 10.4 Å². The molecule has 0 saturated carbocycles. The summed E-state index contributed by atoms with van der Waals surface area (Å²) in [4.78, 5) is 14.9. The van der Waals surface area contributed by atoms with Crippen LogP contribution in [0.3, 0.4) is 0 Å². The van der Waals surface area contributed by atoms with Gasteiger partial charge in [0.25, 0.3) is 0 Å². The summed E-state index contributed by atoms with van der Waals surface area (Å²) in [6.45, 7) is 0. The average Bonchev–Trinajstić information content (AvgIpc) is 2.97. The van der Waals surface area contributed by atoms with Crippen LogP contribution >= 0.6 is 0 Å². The molecule has 3 aromatic heterocycles. The van der Waals surface area contributed by atoms with E-state index in [0.717, 1.165) is 11.5 Å². The minimum Gasteiger partial charge on any atom is -0.478 e. The lowest BCUT2D eigenvalue weighted by Crippen LogP contribution is -2.01. The molecule has 1 N–H and O–H groups in total. The fraction of sp³-hybridized carbons (Fsp3) is 0. The number of carboxylic acid groups (broad SMARTS) is 1. The zero-order valence-corrected chi connectivity index (χ0v) is 8.69. The molecule has 0 aliphatic carbocycles.